The van der Waals surface area contributed by atoms with Crippen LogP contribution in [0.25, 0.3) is 11.1 Å². The minimum absolute atomic E-state index is 0.112. The van der Waals surface area contributed by atoms with Crippen LogP contribution in [0.4, 0.5) is 0 Å². The number of rotatable bonds is 2. The van der Waals surface area contributed by atoms with E-state index in [4.69, 9.17) is 11.8 Å². The zero-order valence-corrected chi connectivity index (χ0v) is 20.4. The highest BCUT2D eigenvalue weighted by atomic mass is 14.5. The molecule has 0 amide bonds. The van der Waals surface area contributed by atoms with E-state index in [1.165, 1.54) is 11.1 Å². The number of allylic oxidation sites excluding steroid dienone is 4. The van der Waals surface area contributed by atoms with Gasteiger partial charge in [-0.3, -0.25) is 0 Å². The van der Waals surface area contributed by atoms with E-state index in [2.05, 4.69) is 102 Å². The summed E-state index contributed by atoms with van der Waals surface area (Å²) in [7, 11) is 0. The number of hydrogen-bond donors (Lipinski definition) is 1. The molecule has 0 heterocycles. The summed E-state index contributed by atoms with van der Waals surface area (Å²) < 4.78 is 0. The lowest BCUT2D eigenvalue weighted by Gasteiger charge is -2.25. The highest BCUT2D eigenvalue weighted by molar-refractivity contribution is 6.29. The van der Waals surface area contributed by atoms with Crippen LogP contribution in [0.5, 0.6) is 0 Å². The van der Waals surface area contributed by atoms with Gasteiger partial charge in [0.15, 0.2) is 0 Å². The first-order chi connectivity index (χ1) is 14.5. The molecule has 1 aliphatic carbocycles. The van der Waals surface area contributed by atoms with Gasteiger partial charge in [-0.25, -0.2) is 0 Å². The van der Waals surface area contributed by atoms with Crippen molar-refractivity contribution in [2.75, 3.05) is 0 Å². The van der Waals surface area contributed by atoms with E-state index in [-0.39, 0.29) is 16.7 Å². The molecule has 1 atom stereocenters. The molecule has 0 aromatic heterocycles. The van der Waals surface area contributed by atoms with E-state index in [0.717, 1.165) is 22.3 Å². The van der Waals surface area contributed by atoms with Gasteiger partial charge in [0, 0.05) is 5.57 Å². The Hall–Kier alpha value is -2.85. The molecule has 0 saturated carbocycles. The minimum atomic E-state index is -0.335. The molecule has 1 heteroatoms. The van der Waals surface area contributed by atoms with E-state index in [0.29, 0.717) is 5.71 Å². The van der Waals surface area contributed by atoms with E-state index in [1.54, 1.807) is 0 Å². The van der Waals surface area contributed by atoms with Crippen molar-refractivity contribution in [2.24, 2.45) is 5.92 Å². The standard InChI is InChI=1S/C28H31N.C2H6/c1-8-23-24(19-9-13-21(14-10-19)27(2,3)4)17-18-25(26(23)29)20-11-15-22(16-12-20)28(5,6)7;1-2/h1,9-18,23,29H,2-7H3;1-2H3. The number of nitrogens with one attached hydrogen (secondary N) is 1. The van der Waals surface area contributed by atoms with Gasteiger partial charge in [0.1, 0.15) is 0 Å². The average Bonchev–Trinajstić information content (AvgIpc) is 2.74. The van der Waals surface area contributed by atoms with Gasteiger partial charge in [0.25, 0.3) is 0 Å². The van der Waals surface area contributed by atoms with Crippen molar-refractivity contribution in [2.45, 2.75) is 66.2 Å². The summed E-state index contributed by atoms with van der Waals surface area (Å²) in [6.45, 7) is 17.3. The van der Waals surface area contributed by atoms with Crippen LogP contribution in [0.3, 0.4) is 0 Å². The molecule has 1 aliphatic rings. The predicted octanol–water partition coefficient (Wildman–Crippen LogP) is 8.06. The van der Waals surface area contributed by atoms with E-state index < -0.39 is 0 Å². The van der Waals surface area contributed by atoms with Gasteiger partial charge >= 0.3 is 0 Å². The quantitative estimate of drug-likeness (QED) is 0.483. The second kappa shape index (κ2) is 9.52. The van der Waals surface area contributed by atoms with Crippen LogP contribution in [0.15, 0.2) is 60.7 Å². The largest absolute Gasteiger partial charge is 0.303 e. The lowest BCUT2D eigenvalue weighted by Crippen LogP contribution is -2.19. The van der Waals surface area contributed by atoms with Crippen molar-refractivity contribution < 1.29 is 0 Å². The molecular formula is C30H37N. The maximum absolute atomic E-state index is 8.79. The molecule has 1 N–H and O–H groups in total. The van der Waals surface area contributed by atoms with Crippen molar-refractivity contribution >= 4 is 16.9 Å². The zero-order valence-electron chi connectivity index (χ0n) is 20.4. The van der Waals surface area contributed by atoms with Crippen LogP contribution in [-0.4, -0.2) is 5.71 Å². The van der Waals surface area contributed by atoms with Crippen LogP contribution in [-0.2, 0) is 10.8 Å². The second-order valence-electron chi connectivity index (χ2n) is 9.87. The normalized spacial score (nSPS) is 16.5. The summed E-state index contributed by atoms with van der Waals surface area (Å²) in [4.78, 5) is 0. The Kier molecular flexibility index (Phi) is 7.50. The first-order valence-corrected chi connectivity index (χ1v) is 11.2. The van der Waals surface area contributed by atoms with Crippen LogP contribution < -0.4 is 0 Å². The smallest absolute Gasteiger partial charge is 0.0876 e. The van der Waals surface area contributed by atoms with Crippen molar-refractivity contribution in [3.8, 4) is 12.3 Å². The SMILES string of the molecule is C#CC1C(=N)C(c2ccc(C(C)(C)C)cc2)=CC=C1c1ccc(C(C)(C)C)cc1.CC. The number of terminal acetylenes is 1. The van der Waals surface area contributed by atoms with Gasteiger partial charge in [0.05, 0.1) is 11.6 Å². The molecule has 0 bridgehead atoms. The first-order valence-electron chi connectivity index (χ1n) is 11.2. The van der Waals surface area contributed by atoms with E-state index in [9.17, 15) is 0 Å². The molecule has 31 heavy (non-hydrogen) atoms. The predicted molar refractivity (Wildman–Crippen MR) is 138 cm³/mol. The minimum Gasteiger partial charge on any atom is -0.303 e. The van der Waals surface area contributed by atoms with Gasteiger partial charge in [0.2, 0.25) is 0 Å². The Morgan fingerprint density at radius 2 is 1.13 bits per heavy atom. The van der Waals surface area contributed by atoms with E-state index >= 15 is 0 Å². The third-order valence-corrected chi connectivity index (χ3v) is 5.63. The summed E-state index contributed by atoms with van der Waals surface area (Å²) in [5, 5.41) is 8.79. The van der Waals surface area contributed by atoms with Crippen molar-refractivity contribution in [1.82, 2.24) is 0 Å². The molecule has 0 fully saturated rings. The Morgan fingerprint density at radius 3 is 1.52 bits per heavy atom. The fourth-order valence-corrected chi connectivity index (χ4v) is 3.67. The Labute approximate surface area is 189 Å². The summed E-state index contributed by atoms with van der Waals surface area (Å²) >= 11 is 0. The molecular weight excluding hydrogens is 374 g/mol. The zero-order chi connectivity index (χ0) is 23.4. The highest BCUT2D eigenvalue weighted by Gasteiger charge is 2.26. The second-order valence-corrected chi connectivity index (χ2v) is 9.87. The Bertz CT molecular complexity index is 1010. The van der Waals surface area contributed by atoms with Crippen LogP contribution in [0, 0.1) is 23.7 Å². The highest BCUT2D eigenvalue weighted by Crippen LogP contribution is 2.35. The molecule has 1 unspecified atom stereocenters. The third-order valence-electron chi connectivity index (χ3n) is 5.63. The summed E-state index contributed by atoms with van der Waals surface area (Å²) in [5.41, 5.74) is 7.36. The van der Waals surface area contributed by atoms with Gasteiger partial charge in [-0.05, 0) is 38.7 Å². The van der Waals surface area contributed by atoms with Gasteiger partial charge in [-0.15, -0.1) is 6.42 Å². The molecule has 0 aliphatic heterocycles. The van der Waals surface area contributed by atoms with Crippen LogP contribution in [0.1, 0.15) is 77.6 Å². The van der Waals surface area contributed by atoms with Crippen LogP contribution in [0.2, 0.25) is 0 Å². The molecule has 0 spiro atoms. The van der Waals surface area contributed by atoms with Crippen LogP contribution >= 0.6 is 0 Å². The van der Waals surface area contributed by atoms with Gasteiger partial charge < -0.3 is 5.41 Å². The van der Waals surface area contributed by atoms with E-state index in [1.807, 2.05) is 19.9 Å². The first kappa shape index (κ1) is 24.4. The maximum Gasteiger partial charge on any atom is 0.0876 e. The third kappa shape index (κ3) is 5.45. The fourth-order valence-electron chi connectivity index (χ4n) is 3.67. The monoisotopic (exact) mass is 411 g/mol. The molecule has 2 aromatic rings. The van der Waals surface area contributed by atoms with Gasteiger partial charge in [-0.1, -0.05) is 122 Å². The topological polar surface area (TPSA) is 23.9 Å². The Balaban J connectivity index is 0.00000166. The summed E-state index contributed by atoms with van der Waals surface area (Å²) in [6.07, 6.45) is 10.0. The molecule has 0 radical (unpaired) electrons. The summed E-state index contributed by atoms with van der Waals surface area (Å²) in [6, 6.07) is 17.1. The molecule has 3 rings (SSSR count). The number of benzene rings is 2. The van der Waals surface area contributed by atoms with Crippen molar-refractivity contribution in [3.05, 3.63) is 82.9 Å². The van der Waals surface area contributed by atoms with Gasteiger partial charge in [-0.2, -0.15) is 0 Å². The molecule has 0 saturated heterocycles. The Morgan fingerprint density at radius 1 is 0.710 bits per heavy atom. The maximum atomic E-state index is 8.79. The fraction of sp³-hybridized carbons (Fsp3) is 0.367. The lowest BCUT2D eigenvalue weighted by atomic mass is 9.78. The van der Waals surface area contributed by atoms with Crippen molar-refractivity contribution in [3.63, 3.8) is 0 Å². The summed E-state index contributed by atoms with van der Waals surface area (Å²) in [5.74, 6) is 2.51. The average molecular weight is 412 g/mol. The lowest BCUT2D eigenvalue weighted by molar-refractivity contribution is 0.590. The molecule has 2 aromatic carbocycles. The van der Waals surface area contributed by atoms with Crippen molar-refractivity contribution in [1.29, 1.82) is 5.41 Å². The molecule has 162 valence electrons. The molecule has 1 nitrogen and oxygen atoms in total. The number of hydrogen-bond acceptors (Lipinski definition) is 1.